The summed E-state index contributed by atoms with van der Waals surface area (Å²) < 4.78 is 11.1. The first kappa shape index (κ1) is 20.7. The minimum Gasteiger partial charge on any atom is -0.492 e. The van der Waals surface area contributed by atoms with Gasteiger partial charge in [0.2, 0.25) is 0 Å². The van der Waals surface area contributed by atoms with E-state index in [1.807, 2.05) is 12.1 Å². The maximum atomic E-state index is 12.2. The second-order valence-electron chi connectivity index (χ2n) is 10.2. The largest absolute Gasteiger partial charge is 0.492 e. The zero-order valence-corrected chi connectivity index (χ0v) is 19.0. The van der Waals surface area contributed by atoms with Gasteiger partial charge in [0.15, 0.2) is 0 Å². The summed E-state index contributed by atoms with van der Waals surface area (Å²) in [6.45, 7) is 16.3. The van der Waals surface area contributed by atoms with Gasteiger partial charge in [-0.3, -0.25) is 0 Å². The van der Waals surface area contributed by atoms with Crippen LogP contribution in [0.2, 0.25) is 0 Å². The molecule has 0 bridgehead atoms. The van der Waals surface area contributed by atoms with Gasteiger partial charge in [-0.25, -0.2) is 4.79 Å². The minimum atomic E-state index is -0.480. The molecule has 2 aromatic carbocycles. The van der Waals surface area contributed by atoms with Crippen LogP contribution in [0, 0.1) is 0 Å². The van der Waals surface area contributed by atoms with Crippen LogP contribution in [0.1, 0.15) is 80.1 Å². The van der Waals surface area contributed by atoms with Gasteiger partial charge >= 0.3 is 5.97 Å². The summed E-state index contributed by atoms with van der Waals surface area (Å²) >= 11 is 0. The van der Waals surface area contributed by atoms with Crippen molar-refractivity contribution in [3.8, 4) is 5.75 Å². The number of hydrogen-bond acceptors (Lipinski definition) is 3. The van der Waals surface area contributed by atoms with E-state index in [9.17, 15) is 4.79 Å². The highest BCUT2D eigenvalue weighted by molar-refractivity contribution is 5.90. The van der Waals surface area contributed by atoms with Crippen molar-refractivity contribution in [2.45, 2.75) is 63.7 Å². The molecule has 4 rings (SSSR count). The monoisotopic (exact) mass is 404 g/mol. The van der Waals surface area contributed by atoms with Gasteiger partial charge < -0.3 is 9.47 Å². The van der Waals surface area contributed by atoms with Gasteiger partial charge in [-0.1, -0.05) is 58.0 Å². The summed E-state index contributed by atoms with van der Waals surface area (Å²) in [4.78, 5) is 12.2. The van der Waals surface area contributed by atoms with E-state index < -0.39 is 5.41 Å². The summed E-state index contributed by atoms with van der Waals surface area (Å²) in [5.41, 5.74) is 6.37. The summed E-state index contributed by atoms with van der Waals surface area (Å²) in [6.07, 6.45) is 2.35. The van der Waals surface area contributed by atoms with E-state index in [1.54, 1.807) is 6.07 Å². The molecule has 3 heteroatoms. The third-order valence-corrected chi connectivity index (χ3v) is 7.38. The minimum absolute atomic E-state index is 0.118. The van der Waals surface area contributed by atoms with Gasteiger partial charge in [0.25, 0.3) is 0 Å². The van der Waals surface area contributed by atoms with Crippen LogP contribution in [0.4, 0.5) is 0 Å². The Morgan fingerprint density at radius 2 is 1.63 bits per heavy atom. The van der Waals surface area contributed by atoms with Crippen molar-refractivity contribution in [1.82, 2.24) is 0 Å². The lowest BCUT2D eigenvalue weighted by Gasteiger charge is -2.43. The van der Waals surface area contributed by atoms with Crippen LogP contribution in [0.15, 0.2) is 48.6 Å². The predicted molar refractivity (Wildman–Crippen MR) is 121 cm³/mol. The molecular weight excluding hydrogens is 372 g/mol. The molecular formula is C27H32O3. The lowest BCUT2D eigenvalue weighted by atomic mass is 9.61. The van der Waals surface area contributed by atoms with Crippen LogP contribution >= 0.6 is 0 Å². The van der Waals surface area contributed by atoms with Crippen molar-refractivity contribution in [3.63, 3.8) is 0 Å². The van der Waals surface area contributed by atoms with E-state index in [1.165, 1.54) is 30.2 Å². The smallest absolute Gasteiger partial charge is 0.337 e. The molecule has 1 heterocycles. The van der Waals surface area contributed by atoms with Gasteiger partial charge in [-0.15, -0.1) is 0 Å². The summed E-state index contributed by atoms with van der Waals surface area (Å²) in [5.74, 6) is 0.469. The first-order valence-corrected chi connectivity index (χ1v) is 10.7. The van der Waals surface area contributed by atoms with Gasteiger partial charge in [-0.05, 0) is 65.5 Å². The third-order valence-electron chi connectivity index (χ3n) is 7.38. The van der Waals surface area contributed by atoms with Crippen LogP contribution in [-0.4, -0.2) is 19.7 Å². The van der Waals surface area contributed by atoms with Crippen molar-refractivity contribution >= 4 is 5.97 Å². The van der Waals surface area contributed by atoms with Crippen molar-refractivity contribution in [2.24, 2.45) is 0 Å². The van der Waals surface area contributed by atoms with E-state index in [0.29, 0.717) is 12.2 Å². The van der Waals surface area contributed by atoms with Crippen molar-refractivity contribution < 1.29 is 14.3 Å². The fourth-order valence-electron chi connectivity index (χ4n) is 5.19. The molecule has 0 saturated heterocycles. The number of methoxy groups -OCH3 is 1. The van der Waals surface area contributed by atoms with E-state index >= 15 is 0 Å². The molecule has 0 amide bonds. The molecule has 1 atom stereocenters. The average molecular weight is 405 g/mol. The number of hydrogen-bond donors (Lipinski definition) is 0. The number of ether oxygens (including phenoxy) is 2. The fourth-order valence-corrected chi connectivity index (χ4v) is 5.19. The van der Waals surface area contributed by atoms with E-state index in [-0.39, 0.29) is 16.8 Å². The molecule has 2 aliphatic rings. The van der Waals surface area contributed by atoms with E-state index in [4.69, 9.17) is 9.47 Å². The second kappa shape index (κ2) is 6.73. The molecule has 30 heavy (non-hydrogen) atoms. The SMILES string of the molecule is C=C(C)C1(c2ccc3c(c2)C(C)(C)CCC3(C)C)COc2ccc(C(=O)OC)cc21. The Hall–Kier alpha value is -2.55. The van der Waals surface area contributed by atoms with Crippen LogP contribution in [-0.2, 0) is 21.0 Å². The molecule has 0 fully saturated rings. The Balaban J connectivity index is 1.94. The number of carbonyl (C=O) groups is 1. The Morgan fingerprint density at radius 3 is 2.27 bits per heavy atom. The summed E-state index contributed by atoms with van der Waals surface area (Å²) in [5, 5.41) is 0. The van der Waals surface area contributed by atoms with Crippen LogP contribution in [0.5, 0.6) is 5.75 Å². The number of benzene rings is 2. The van der Waals surface area contributed by atoms with E-state index in [0.717, 1.165) is 23.3 Å². The molecule has 3 nitrogen and oxygen atoms in total. The quantitative estimate of drug-likeness (QED) is 0.460. The highest BCUT2D eigenvalue weighted by Crippen LogP contribution is 2.51. The van der Waals surface area contributed by atoms with Gasteiger partial charge in [0.05, 0.1) is 18.1 Å². The molecule has 0 radical (unpaired) electrons. The standard InChI is InChI=1S/C27H32O3/c1-17(2)27(16-30-23-11-8-18(14-22(23)27)24(28)29-7)19-9-10-20-21(15-19)26(5,6)13-12-25(20,3)4/h8-11,14-15H,1,12-13,16H2,2-7H3. The van der Waals surface area contributed by atoms with Gasteiger partial charge in [-0.2, -0.15) is 0 Å². The first-order valence-electron chi connectivity index (χ1n) is 10.7. The number of carbonyl (C=O) groups excluding carboxylic acids is 1. The van der Waals surface area contributed by atoms with Crippen LogP contribution in [0.25, 0.3) is 0 Å². The normalized spacial score (nSPS) is 23.1. The topological polar surface area (TPSA) is 35.5 Å². The predicted octanol–water partition coefficient (Wildman–Crippen LogP) is 6.08. The third kappa shape index (κ3) is 2.90. The highest BCUT2D eigenvalue weighted by atomic mass is 16.5. The molecule has 0 aromatic heterocycles. The zero-order chi connectivity index (χ0) is 21.9. The summed E-state index contributed by atoms with van der Waals surface area (Å²) in [6, 6.07) is 12.5. The van der Waals surface area contributed by atoms with Crippen LogP contribution < -0.4 is 4.74 Å². The lowest BCUT2D eigenvalue weighted by molar-refractivity contribution is 0.0600. The molecule has 158 valence electrons. The Bertz CT molecular complexity index is 1040. The Labute approximate surface area is 180 Å². The molecule has 2 aromatic rings. The average Bonchev–Trinajstić information content (AvgIpc) is 3.10. The zero-order valence-electron chi connectivity index (χ0n) is 19.0. The van der Waals surface area contributed by atoms with Crippen molar-refractivity contribution in [2.75, 3.05) is 13.7 Å². The second-order valence-corrected chi connectivity index (χ2v) is 10.2. The molecule has 1 aliphatic carbocycles. The number of rotatable bonds is 3. The lowest BCUT2D eigenvalue weighted by Crippen LogP contribution is -2.36. The number of fused-ring (bicyclic) bond motifs is 2. The highest BCUT2D eigenvalue weighted by Gasteiger charge is 2.45. The van der Waals surface area contributed by atoms with Gasteiger partial charge in [0.1, 0.15) is 12.4 Å². The molecule has 0 saturated carbocycles. The maximum Gasteiger partial charge on any atom is 0.337 e. The Morgan fingerprint density at radius 1 is 0.967 bits per heavy atom. The number of esters is 1. The summed E-state index contributed by atoms with van der Waals surface area (Å²) in [7, 11) is 1.41. The fraction of sp³-hybridized carbons (Fsp3) is 0.444. The van der Waals surface area contributed by atoms with E-state index in [2.05, 4.69) is 59.4 Å². The maximum absolute atomic E-state index is 12.2. The Kier molecular flexibility index (Phi) is 4.65. The van der Waals surface area contributed by atoms with Crippen molar-refractivity contribution in [1.29, 1.82) is 0 Å². The van der Waals surface area contributed by atoms with Crippen molar-refractivity contribution in [3.05, 3.63) is 76.4 Å². The van der Waals surface area contributed by atoms with Crippen LogP contribution in [0.3, 0.4) is 0 Å². The first-order chi connectivity index (χ1) is 14.0. The molecule has 1 unspecified atom stereocenters. The molecule has 1 aliphatic heterocycles. The van der Waals surface area contributed by atoms with Gasteiger partial charge in [0, 0.05) is 5.56 Å². The molecule has 0 N–H and O–H groups in total. The molecule has 0 spiro atoms.